The first-order valence-electron chi connectivity index (χ1n) is 7.55. The summed E-state index contributed by atoms with van der Waals surface area (Å²) in [6, 6.07) is 2.06. The lowest BCUT2D eigenvalue weighted by atomic mass is 9.86. The van der Waals surface area contributed by atoms with Crippen LogP contribution in [-0.4, -0.2) is 25.7 Å². The Hall–Kier alpha value is -2.12. The minimum Gasteiger partial charge on any atom is -0.476 e. The van der Waals surface area contributed by atoms with Gasteiger partial charge in [-0.15, -0.1) is 0 Å². The number of rotatable bonds is 3. The van der Waals surface area contributed by atoms with Gasteiger partial charge < -0.3 is 5.11 Å². The number of aromatic nitrogens is 3. The van der Waals surface area contributed by atoms with Crippen LogP contribution in [0, 0.1) is 5.92 Å². The molecule has 0 saturated heterocycles. The van der Waals surface area contributed by atoms with Crippen LogP contribution in [0.5, 0.6) is 0 Å². The van der Waals surface area contributed by atoms with E-state index >= 15 is 0 Å². The summed E-state index contributed by atoms with van der Waals surface area (Å²) in [6.45, 7) is 0. The fraction of sp³-hybridized carbons (Fsp3) is 0.533. The highest BCUT2D eigenvalue weighted by molar-refractivity contribution is 5.86. The van der Waals surface area contributed by atoms with E-state index in [9.17, 15) is 18.0 Å². The van der Waals surface area contributed by atoms with Crippen molar-refractivity contribution in [3.63, 3.8) is 0 Å². The molecule has 3 rings (SSSR count). The number of fused-ring (bicyclic) bond motifs is 1. The molecule has 1 aliphatic rings. The molecular weight excluding hydrogens is 311 g/mol. The van der Waals surface area contributed by atoms with E-state index in [0.717, 1.165) is 37.8 Å². The number of hydrogen-bond donors (Lipinski definition) is 1. The molecule has 0 atom stereocenters. The number of aromatic carboxylic acids is 1. The molecule has 2 aromatic rings. The van der Waals surface area contributed by atoms with Gasteiger partial charge in [0.15, 0.2) is 11.3 Å². The van der Waals surface area contributed by atoms with Crippen molar-refractivity contribution in [1.29, 1.82) is 0 Å². The quantitative estimate of drug-likeness (QED) is 0.936. The number of carboxylic acids is 1. The van der Waals surface area contributed by atoms with Crippen molar-refractivity contribution >= 4 is 11.6 Å². The maximum atomic E-state index is 13.3. The molecule has 1 saturated carbocycles. The Morgan fingerprint density at radius 2 is 1.96 bits per heavy atom. The summed E-state index contributed by atoms with van der Waals surface area (Å²) in [5.74, 6) is -1.04. The predicted molar refractivity (Wildman–Crippen MR) is 75.2 cm³/mol. The topological polar surface area (TPSA) is 67.5 Å². The zero-order chi connectivity index (χ0) is 16.6. The first-order valence-corrected chi connectivity index (χ1v) is 7.55. The Labute approximate surface area is 130 Å². The van der Waals surface area contributed by atoms with E-state index < -0.39 is 23.5 Å². The summed E-state index contributed by atoms with van der Waals surface area (Å²) in [6.07, 6.45) is 1.20. The molecule has 23 heavy (non-hydrogen) atoms. The summed E-state index contributed by atoms with van der Waals surface area (Å²) in [5.41, 5.74) is -1.17. The zero-order valence-electron chi connectivity index (χ0n) is 12.3. The van der Waals surface area contributed by atoms with Gasteiger partial charge >= 0.3 is 12.1 Å². The fourth-order valence-electron chi connectivity index (χ4n) is 3.12. The lowest BCUT2D eigenvalue weighted by Crippen LogP contribution is -2.16. The SMILES string of the molecule is O=C(O)c1cc2nc(CC3CCCCC3)cc(C(F)(F)F)n2n1. The van der Waals surface area contributed by atoms with Crippen molar-refractivity contribution in [2.75, 3.05) is 0 Å². The number of alkyl halides is 3. The first-order chi connectivity index (χ1) is 10.8. The van der Waals surface area contributed by atoms with Gasteiger partial charge in [0.1, 0.15) is 5.69 Å². The largest absolute Gasteiger partial charge is 0.476 e. The predicted octanol–water partition coefficient (Wildman–Crippen LogP) is 3.57. The minimum absolute atomic E-state index is 0.0805. The molecule has 124 valence electrons. The molecule has 0 spiro atoms. The Bertz CT molecular complexity index is 733. The van der Waals surface area contributed by atoms with Crippen LogP contribution < -0.4 is 0 Å². The Kier molecular flexibility index (Phi) is 3.99. The standard InChI is InChI=1S/C15H16F3N3O2/c16-15(17,18)12-7-10(6-9-4-2-1-3-5-9)19-13-8-11(14(22)23)20-21(12)13/h7-9H,1-6H2,(H,22,23). The molecule has 1 N–H and O–H groups in total. The van der Waals surface area contributed by atoms with Gasteiger partial charge in [0.2, 0.25) is 0 Å². The average Bonchev–Trinajstić information content (AvgIpc) is 2.90. The van der Waals surface area contributed by atoms with Crippen LogP contribution in [0.15, 0.2) is 12.1 Å². The molecule has 0 unspecified atom stereocenters. The average molecular weight is 327 g/mol. The monoisotopic (exact) mass is 327 g/mol. The molecule has 0 aliphatic heterocycles. The van der Waals surface area contributed by atoms with Gasteiger partial charge in [-0.05, 0) is 18.4 Å². The van der Waals surface area contributed by atoms with E-state index in [1.165, 1.54) is 6.42 Å². The van der Waals surface area contributed by atoms with Gasteiger partial charge in [-0.1, -0.05) is 32.1 Å². The van der Waals surface area contributed by atoms with Crippen LogP contribution in [0.4, 0.5) is 13.2 Å². The van der Waals surface area contributed by atoms with E-state index in [0.29, 0.717) is 22.5 Å². The molecule has 2 aromatic heterocycles. The van der Waals surface area contributed by atoms with Crippen molar-refractivity contribution in [2.24, 2.45) is 5.92 Å². The van der Waals surface area contributed by atoms with Crippen LogP contribution in [0.1, 0.15) is 54.0 Å². The summed E-state index contributed by atoms with van der Waals surface area (Å²) < 4.78 is 40.3. The van der Waals surface area contributed by atoms with Crippen LogP contribution in [-0.2, 0) is 12.6 Å². The van der Waals surface area contributed by atoms with E-state index in [1.54, 1.807) is 0 Å². The van der Waals surface area contributed by atoms with Crippen LogP contribution in [0.25, 0.3) is 5.65 Å². The Balaban J connectivity index is 2.03. The highest BCUT2D eigenvalue weighted by atomic mass is 19.4. The molecule has 8 heteroatoms. The van der Waals surface area contributed by atoms with Gasteiger partial charge in [-0.25, -0.2) is 14.3 Å². The maximum Gasteiger partial charge on any atom is 0.433 e. The third kappa shape index (κ3) is 3.30. The normalized spacial score (nSPS) is 16.8. The van der Waals surface area contributed by atoms with Gasteiger partial charge in [0.25, 0.3) is 0 Å². The smallest absolute Gasteiger partial charge is 0.433 e. The molecule has 0 bridgehead atoms. The van der Waals surface area contributed by atoms with Gasteiger partial charge in [0.05, 0.1) is 0 Å². The van der Waals surface area contributed by atoms with Crippen LogP contribution in [0.3, 0.4) is 0 Å². The van der Waals surface area contributed by atoms with Crippen molar-refractivity contribution < 1.29 is 23.1 Å². The molecular formula is C15H16F3N3O2. The van der Waals surface area contributed by atoms with E-state index in [-0.39, 0.29) is 5.65 Å². The lowest BCUT2D eigenvalue weighted by molar-refractivity contribution is -0.142. The van der Waals surface area contributed by atoms with Gasteiger partial charge in [-0.2, -0.15) is 18.3 Å². The third-order valence-corrected chi connectivity index (χ3v) is 4.21. The molecule has 1 fully saturated rings. The molecule has 2 heterocycles. The zero-order valence-corrected chi connectivity index (χ0v) is 12.3. The van der Waals surface area contributed by atoms with E-state index in [2.05, 4.69) is 10.1 Å². The number of nitrogens with zero attached hydrogens (tertiary/aromatic N) is 3. The van der Waals surface area contributed by atoms with Gasteiger partial charge in [0, 0.05) is 11.8 Å². The molecule has 5 nitrogen and oxygen atoms in total. The second-order valence-corrected chi connectivity index (χ2v) is 5.94. The minimum atomic E-state index is -4.62. The molecule has 0 radical (unpaired) electrons. The molecule has 0 aromatic carbocycles. The Morgan fingerprint density at radius 3 is 2.57 bits per heavy atom. The molecule has 0 amide bonds. The summed E-state index contributed by atoms with van der Waals surface area (Å²) in [7, 11) is 0. The number of carboxylic acid groups (broad SMARTS) is 1. The third-order valence-electron chi connectivity index (χ3n) is 4.21. The van der Waals surface area contributed by atoms with Gasteiger partial charge in [-0.3, -0.25) is 0 Å². The summed E-state index contributed by atoms with van der Waals surface area (Å²) >= 11 is 0. The molecule has 1 aliphatic carbocycles. The highest BCUT2D eigenvalue weighted by Crippen LogP contribution is 2.32. The van der Waals surface area contributed by atoms with E-state index in [4.69, 9.17) is 5.11 Å². The van der Waals surface area contributed by atoms with Crippen LogP contribution in [0.2, 0.25) is 0 Å². The maximum absolute atomic E-state index is 13.3. The summed E-state index contributed by atoms with van der Waals surface area (Å²) in [5, 5.41) is 12.4. The van der Waals surface area contributed by atoms with E-state index in [1.807, 2.05) is 0 Å². The number of halogens is 3. The summed E-state index contributed by atoms with van der Waals surface area (Å²) in [4.78, 5) is 15.1. The highest BCUT2D eigenvalue weighted by Gasteiger charge is 2.35. The van der Waals surface area contributed by atoms with Crippen molar-refractivity contribution in [1.82, 2.24) is 14.6 Å². The second-order valence-electron chi connectivity index (χ2n) is 5.94. The number of hydrogen-bond acceptors (Lipinski definition) is 3. The first kappa shape index (κ1) is 15.8. The fourth-order valence-corrected chi connectivity index (χ4v) is 3.12. The van der Waals surface area contributed by atoms with Crippen molar-refractivity contribution in [2.45, 2.75) is 44.7 Å². The van der Waals surface area contributed by atoms with Crippen LogP contribution >= 0.6 is 0 Å². The van der Waals surface area contributed by atoms with Crippen molar-refractivity contribution in [3.8, 4) is 0 Å². The van der Waals surface area contributed by atoms with Crippen molar-refractivity contribution in [3.05, 3.63) is 29.2 Å². The second kappa shape index (κ2) is 5.82. The lowest BCUT2D eigenvalue weighted by Gasteiger charge is -2.21. The Morgan fingerprint density at radius 1 is 1.26 bits per heavy atom. The number of carbonyl (C=O) groups is 1.